The van der Waals surface area contributed by atoms with Gasteiger partial charge in [-0.05, 0) is 36.8 Å². The highest BCUT2D eigenvalue weighted by Crippen LogP contribution is 2.38. The first-order chi connectivity index (χ1) is 14.5. The predicted molar refractivity (Wildman–Crippen MR) is 126 cm³/mol. The van der Waals surface area contributed by atoms with E-state index < -0.39 is 0 Å². The highest BCUT2D eigenvalue weighted by molar-refractivity contribution is 6.02. The molecule has 0 radical (unpaired) electrons. The van der Waals surface area contributed by atoms with Crippen molar-refractivity contribution < 1.29 is 0 Å². The predicted octanol–water partition coefficient (Wildman–Crippen LogP) is 7.23. The zero-order valence-electron chi connectivity index (χ0n) is 18.5. The summed E-state index contributed by atoms with van der Waals surface area (Å²) in [4.78, 5) is 0. The van der Waals surface area contributed by atoms with Gasteiger partial charge in [-0.25, -0.2) is 0 Å². The van der Waals surface area contributed by atoms with Crippen molar-refractivity contribution in [1.82, 2.24) is 9.13 Å². The van der Waals surface area contributed by atoms with Crippen LogP contribution in [0.25, 0.3) is 33.1 Å². The van der Waals surface area contributed by atoms with Gasteiger partial charge >= 0.3 is 0 Å². The van der Waals surface area contributed by atoms with Gasteiger partial charge in [-0.1, -0.05) is 64.1 Å². The summed E-state index contributed by atoms with van der Waals surface area (Å²) in [5.41, 5.74) is 5.44. The number of nitrogens with zero attached hydrogens (tertiary/aromatic N) is 3. The van der Waals surface area contributed by atoms with Crippen LogP contribution in [0.1, 0.15) is 46.1 Å². The molecular formula is C27H31N3. The van der Waals surface area contributed by atoms with Crippen LogP contribution in [0.3, 0.4) is 0 Å². The molecule has 0 atom stereocenters. The van der Waals surface area contributed by atoms with Gasteiger partial charge in [0.15, 0.2) is 0 Å². The summed E-state index contributed by atoms with van der Waals surface area (Å²) in [5, 5.41) is 12.4. The van der Waals surface area contributed by atoms with Crippen molar-refractivity contribution in [2.24, 2.45) is 11.8 Å². The van der Waals surface area contributed by atoms with Crippen molar-refractivity contribution in [2.75, 3.05) is 0 Å². The van der Waals surface area contributed by atoms with E-state index in [-0.39, 0.29) is 0 Å². The number of aryl methyl sites for hydroxylation is 2. The fourth-order valence-electron chi connectivity index (χ4n) is 4.33. The first-order valence-electron chi connectivity index (χ1n) is 11.1. The van der Waals surface area contributed by atoms with Crippen LogP contribution in [0.15, 0.2) is 54.7 Å². The minimum atomic E-state index is 0.608. The zero-order valence-corrected chi connectivity index (χ0v) is 18.5. The third-order valence-electron chi connectivity index (χ3n) is 6.00. The van der Waals surface area contributed by atoms with Crippen LogP contribution < -0.4 is 0 Å². The standard InChI is InChI=1S/C27H31N3/c1-19(2)13-15-29-18-24(22-10-5-7-11-25(22)29)27-23(17-28)21-9-6-8-12-26(21)30(27)16-14-20(3)4/h5-12,18-20H,13-16H2,1-4H3. The summed E-state index contributed by atoms with van der Waals surface area (Å²) in [6.07, 6.45) is 4.50. The minimum absolute atomic E-state index is 0.608. The molecule has 3 heteroatoms. The van der Waals surface area contributed by atoms with Gasteiger partial charge in [-0.15, -0.1) is 0 Å². The second-order valence-corrected chi connectivity index (χ2v) is 9.12. The van der Waals surface area contributed by atoms with Gasteiger partial charge in [0.1, 0.15) is 6.07 Å². The Morgan fingerprint density at radius 2 is 1.40 bits per heavy atom. The summed E-state index contributed by atoms with van der Waals surface area (Å²) >= 11 is 0. The smallest absolute Gasteiger partial charge is 0.102 e. The van der Waals surface area contributed by atoms with Gasteiger partial charge in [0, 0.05) is 46.7 Å². The van der Waals surface area contributed by atoms with Gasteiger partial charge in [0.2, 0.25) is 0 Å². The molecule has 0 aliphatic heterocycles. The van der Waals surface area contributed by atoms with E-state index in [9.17, 15) is 5.26 Å². The number of hydrogen-bond acceptors (Lipinski definition) is 1. The van der Waals surface area contributed by atoms with E-state index in [2.05, 4.69) is 91.6 Å². The molecule has 2 aromatic carbocycles. The fraction of sp³-hybridized carbons (Fsp3) is 0.370. The number of fused-ring (bicyclic) bond motifs is 2. The van der Waals surface area contributed by atoms with Gasteiger partial charge < -0.3 is 9.13 Å². The Hall–Kier alpha value is -2.99. The lowest BCUT2D eigenvalue weighted by atomic mass is 10.0. The molecule has 0 unspecified atom stereocenters. The van der Waals surface area contributed by atoms with E-state index in [1.807, 2.05) is 6.07 Å². The van der Waals surface area contributed by atoms with Crippen molar-refractivity contribution in [2.45, 2.75) is 53.6 Å². The molecule has 0 spiro atoms. The Bertz CT molecular complexity index is 1210. The lowest BCUT2D eigenvalue weighted by Gasteiger charge is -2.12. The normalized spacial score (nSPS) is 11.8. The maximum atomic E-state index is 10.2. The van der Waals surface area contributed by atoms with E-state index >= 15 is 0 Å². The molecule has 0 N–H and O–H groups in total. The van der Waals surface area contributed by atoms with E-state index in [0.29, 0.717) is 11.8 Å². The lowest BCUT2D eigenvalue weighted by Crippen LogP contribution is -2.04. The average Bonchev–Trinajstić information content (AvgIpc) is 3.25. The summed E-state index contributed by atoms with van der Waals surface area (Å²) < 4.78 is 4.75. The van der Waals surface area contributed by atoms with Crippen molar-refractivity contribution in [3.8, 4) is 17.3 Å². The Balaban J connectivity index is 1.98. The monoisotopic (exact) mass is 397 g/mol. The van der Waals surface area contributed by atoms with E-state index in [1.54, 1.807) is 0 Å². The van der Waals surface area contributed by atoms with Gasteiger partial charge in [-0.2, -0.15) is 5.26 Å². The van der Waals surface area contributed by atoms with Crippen LogP contribution in [-0.2, 0) is 13.1 Å². The Kier molecular flexibility index (Phi) is 5.68. The molecular weight excluding hydrogens is 366 g/mol. The highest BCUT2D eigenvalue weighted by atomic mass is 15.0. The van der Waals surface area contributed by atoms with Crippen LogP contribution in [0.2, 0.25) is 0 Å². The maximum absolute atomic E-state index is 10.2. The van der Waals surface area contributed by atoms with E-state index in [0.717, 1.165) is 48.1 Å². The lowest BCUT2D eigenvalue weighted by molar-refractivity contribution is 0.523. The summed E-state index contributed by atoms with van der Waals surface area (Å²) in [5.74, 6) is 1.26. The quantitative estimate of drug-likeness (QED) is 0.324. The number of rotatable bonds is 7. The molecule has 0 aliphatic rings. The van der Waals surface area contributed by atoms with Crippen LogP contribution in [0.4, 0.5) is 0 Å². The number of aromatic nitrogens is 2. The molecule has 0 aliphatic carbocycles. The molecule has 0 saturated heterocycles. The van der Waals surface area contributed by atoms with Gasteiger partial charge in [-0.3, -0.25) is 0 Å². The largest absolute Gasteiger partial charge is 0.347 e. The van der Waals surface area contributed by atoms with Crippen molar-refractivity contribution >= 4 is 21.8 Å². The SMILES string of the molecule is CC(C)CCn1cc(-c2c(C#N)c3ccccc3n2CCC(C)C)c2ccccc21. The third kappa shape index (κ3) is 3.63. The van der Waals surface area contributed by atoms with Crippen molar-refractivity contribution in [3.63, 3.8) is 0 Å². The molecule has 0 saturated carbocycles. The maximum Gasteiger partial charge on any atom is 0.102 e. The van der Waals surface area contributed by atoms with E-state index in [1.165, 1.54) is 16.5 Å². The Morgan fingerprint density at radius 3 is 2.07 bits per heavy atom. The molecule has 154 valence electrons. The van der Waals surface area contributed by atoms with Crippen LogP contribution in [-0.4, -0.2) is 9.13 Å². The molecule has 3 nitrogen and oxygen atoms in total. The number of hydrogen-bond donors (Lipinski definition) is 0. The minimum Gasteiger partial charge on any atom is -0.347 e. The molecule has 2 heterocycles. The van der Waals surface area contributed by atoms with Crippen molar-refractivity contribution in [3.05, 3.63) is 60.3 Å². The summed E-state index contributed by atoms with van der Waals surface area (Å²) in [7, 11) is 0. The molecule has 4 rings (SSSR count). The molecule has 0 fully saturated rings. The third-order valence-corrected chi connectivity index (χ3v) is 6.00. The second-order valence-electron chi connectivity index (χ2n) is 9.12. The highest BCUT2D eigenvalue weighted by Gasteiger charge is 2.22. The number of benzene rings is 2. The van der Waals surface area contributed by atoms with Crippen molar-refractivity contribution in [1.29, 1.82) is 5.26 Å². The Morgan fingerprint density at radius 1 is 0.800 bits per heavy atom. The number of nitriles is 1. The first kappa shape index (κ1) is 20.3. The first-order valence-corrected chi connectivity index (χ1v) is 11.1. The second kappa shape index (κ2) is 8.40. The Labute approximate surface area is 179 Å². The summed E-state index contributed by atoms with van der Waals surface area (Å²) in [6.45, 7) is 11.0. The molecule has 0 bridgehead atoms. The van der Waals surface area contributed by atoms with Gasteiger partial charge in [0.25, 0.3) is 0 Å². The van der Waals surface area contributed by atoms with Gasteiger partial charge in [0.05, 0.1) is 11.3 Å². The zero-order chi connectivity index (χ0) is 21.3. The van der Waals surface area contributed by atoms with Crippen LogP contribution in [0.5, 0.6) is 0 Å². The topological polar surface area (TPSA) is 33.6 Å². The van der Waals surface area contributed by atoms with Crippen LogP contribution in [0, 0.1) is 23.2 Å². The fourth-order valence-corrected chi connectivity index (χ4v) is 4.33. The molecule has 0 amide bonds. The molecule has 2 aromatic heterocycles. The molecule has 4 aromatic rings. The molecule has 30 heavy (non-hydrogen) atoms. The van der Waals surface area contributed by atoms with Crippen LogP contribution >= 0.6 is 0 Å². The summed E-state index contributed by atoms with van der Waals surface area (Å²) in [6, 6.07) is 19.5. The van der Waals surface area contributed by atoms with E-state index in [4.69, 9.17) is 0 Å². The average molecular weight is 398 g/mol. The number of para-hydroxylation sites is 2.